The van der Waals surface area contributed by atoms with Crippen molar-refractivity contribution in [2.24, 2.45) is 0 Å². The van der Waals surface area contributed by atoms with Gasteiger partial charge in [0.05, 0.1) is 76.1 Å². The maximum atomic E-state index is 13.2. The second-order valence-corrected chi connectivity index (χ2v) is 15.8. The van der Waals surface area contributed by atoms with Gasteiger partial charge in [0.25, 0.3) is 5.91 Å². The average molecular weight is 844 g/mol. The van der Waals surface area contributed by atoms with Crippen LogP contribution in [0.25, 0.3) is 10.9 Å². The molecule has 3 aliphatic heterocycles. The highest BCUT2D eigenvalue weighted by molar-refractivity contribution is 6.13. The van der Waals surface area contributed by atoms with Gasteiger partial charge in [-0.05, 0) is 56.0 Å². The third-order valence-electron chi connectivity index (χ3n) is 11.3. The van der Waals surface area contributed by atoms with Crippen LogP contribution in [-0.2, 0) is 39.9 Å². The molecule has 3 aromatic rings. The van der Waals surface area contributed by atoms with E-state index in [4.69, 9.17) is 29.1 Å². The second-order valence-electron chi connectivity index (χ2n) is 15.8. The van der Waals surface area contributed by atoms with E-state index in [1.807, 2.05) is 48.3 Å². The number of anilines is 1. The van der Waals surface area contributed by atoms with Gasteiger partial charge in [-0.2, -0.15) is 5.10 Å². The van der Waals surface area contributed by atoms with E-state index in [0.717, 1.165) is 40.9 Å². The second kappa shape index (κ2) is 20.3. The summed E-state index contributed by atoms with van der Waals surface area (Å²) in [4.78, 5) is 55.5. The number of nitrogens with one attached hydrogen (secondary N) is 5. The highest BCUT2D eigenvalue weighted by Crippen LogP contribution is 2.40. The van der Waals surface area contributed by atoms with Gasteiger partial charge >= 0.3 is 0 Å². The fourth-order valence-corrected chi connectivity index (χ4v) is 7.65. The molecule has 18 heteroatoms. The lowest BCUT2D eigenvalue weighted by atomic mass is 10.0. The summed E-state index contributed by atoms with van der Waals surface area (Å²) < 4.78 is 28.6. The van der Waals surface area contributed by atoms with Gasteiger partial charge in [-0.3, -0.25) is 35.0 Å². The zero-order chi connectivity index (χ0) is 42.8. The van der Waals surface area contributed by atoms with E-state index in [-0.39, 0.29) is 35.5 Å². The van der Waals surface area contributed by atoms with Crippen molar-refractivity contribution in [1.82, 2.24) is 35.5 Å². The minimum absolute atomic E-state index is 0.0489. The monoisotopic (exact) mass is 843 g/mol. The molecule has 1 unspecified atom stereocenters. The lowest BCUT2D eigenvalue weighted by molar-refractivity contribution is -0.137. The predicted molar refractivity (Wildman–Crippen MR) is 225 cm³/mol. The molecule has 1 saturated carbocycles. The highest BCUT2D eigenvalue weighted by Gasteiger charge is 2.41. The Morgan fingerprint density at radius 2 is 1.62 bits per heavy atom. The molecule has 4 heterocycles. The van der Waals surface area contributed by atoms with Crippen molar-refractivity contribution in [3.8, 4) is 5.75 Å². The van der Waals surface area contributed by atoms with Crippen molar-refractivity contribution >= 4 is 45.9 Å². The summed E-state index contributed by atoms with van der Waals surface area (Å²) >= 11 is 0. The molecular formula is C43H57N9O9. The molecule has 2 aromatic carbocycles. The number of hydrogen-bond acceptors (Lipinski definition) is 14. The molecule has 328 valence electrons. The quantitative estimate of drug-likeness (QED) is 0.0528. The number of imide groups is 1. The number of aromatic amines is 1. The molecule has 4 amide bonds. The van der Waals surface area contributed by atoms with E-state index in [9.17, 15) is 19.2 Å². The molecule has 0 spiro atoms. The van der Waals surface area contributed by atoms with Crippen molar-refractivity contribution < 1.29 is 42.9 Å². The molecule has 7 rings (SSSR count). The first kappa shape index (κ1) is 43.5. The standard InChI is InChI=1S/C43H57N9O9/c1-43(11-12-43)61-30-6-7-33-31(26-30)40(49-48-33)32(44)27-36(45-2)50-14-16-51(17-15-50)38(54)10-18-57-20-22-59-24-25-60-23-21-58-19-13-46-34-5-3-4-29-28-52(42(56)39(29)34)35-8-9-37(53)47-41(35)55/h3-7,26-27,35,44-46H,8-25,28H2,1-2H3,(H,48,49)(H,47,53,55)/b36-27+,44-32?. The third kappa shape index (κ3) is 11.2. The number of H-pyrrole nitrogens is 1. The van der Waals surface area contributed by atoms with E-state index < -0.39 is 11.9 Å². The molecule has 1 aliphatic carbocycles. The topological polar surface area (TPSA) is 213 Å². The number of fused-ring (bicyclic) bond motifs is 2. The lowest BCUT2D eigenvalue weighted by Gasteiger charge is -2.37. The third-order valence-corrected chi connectivity index (χ3v) is 11.3. The summed E-state index contributed by atoms with van der Waals surface area (Å²) in [7, 11) is 1.83. The molecule has 0 radical (unpaired) electrons. The molecule has 1 aromatic heterocycles. The number of hydrogen-bond donors (Lipinski definition) is 5. The van der Waals surface area contributed by atoms with Gasteiger partial charge in [0, 0.05) is 69.9 Å². The Morgan fingerprint density at radius 3 is 2.31 bits per heavy atom. The average Bonchev–Trinajstić information content (AvgIpc) is 3.67. The van der Waals surface area contributed by atoms with Gasteiger partial charge in [-0.1, -0.05) is 12.1 Å². The van der Waals surface area contributed by atoms with Crippen LogP contribution in [0.4, 0.5) is 5.69 Å². The van der Waals surface area contributed by atoms with Crippen molar-refractivity contribution in [2.75, 3.05) is 97.9 Å². The van der Waals surface area contributed by atoms with E-state index in [0.29, 0.717) is 122 Å². The van der Waals surface area contributed by atoms with Crippen molar-refractivity contribution in [3.63, 3.8) is 0 Å². The smallest absolute Gasteiger partial charge is 0.257 e. The highest BCUT2D eigenvalue weighted by atomic mass is 16.6. The van der Waals surface area contributed by atoms with E-state index in [1.165, 1.54) is 4.90 Å². The number of nitrogens with zero attached hydrogens (tertiary/aromatic N) is 4. The van der Waals surface area contributed by atoms with Crippen molar-refractivity contribution in [2.45, 2.75) is 57.2 Å². The summed E-state index contributed by atoms with van der Waals surface area (Å²) in [6.45, 7) is 8.48. The zero-order valence-electron chi connectivity index (χ0n) is 35.0. The fourth-order valence-electron chi connectivity index (χ4n) is 7.65. The largest absolute Gasteiger partial charge is 0.488 e. The molecule has 61 heavy (non-hydrogen) atoms. The van der Waals surface area contributed by atoms with Gasteiger partial charge < -0.3 is 49.0 Å². The van der Waals surface area contributed by atoms with E-state index >= 15 is 0 Å². The molecule has 1 atom stereocenters. The summed E-state index contributed by atoms with van der Waals surface area (Å²) in [5.41, 5.74) is 3.68. The number of piperidine rings is 1. The van der Waals surface area contributed by atoms with Crippen LogP contribution in [0.3, 0.4) is 0 Å². The number of piperazine rings is 1. The van der Waals surface area contributed by atoms with Gasteiger partial charge in [-0.15, -0.1) is 0 Å². The molecular weight excluding hydrogens is 787 g/mol. The minimum Gasteiger partial charge on any atom is -0.488 e. The van der Waals surface area contributed by atoms with Gasteiger partial charge in [-0.25, -0.2) is 0 Å². The number of rotatable bonds is 23. The van der Waals surface area contributed by atoms with Crippen LogP contribution in [0, 0.1) is 5.41 Å². The molecule has 0 bridgehead atoms. The number of ether oxygens (including phenoxy) is 5. The number of benzene rings is 2. The number of carbonyl (C=O) groups excluding carboxylic acids is 4. The van der Waals surface area contributed by atoms with Gasteiger partial charge in [0.2, 0.25) is 17.7 Å². The summed E-state index contributed by atoms with van der Waals surface area (Å²) in [6.07, 6.45) is 4.71. The van der Waals surface area contributed by atoms with Crippen LogP contribution in [0.15, 0.2) is 48.3 Å². The number of carbonyl (C=O) groups is 4. The van der Waals surface area contributed by atoms with E-state index in [2.05, 4.69) is 38.0 Å². The summed E-state index contributed by atoms with van der Waals surface area (Å²) in [5.74, 6) is 0.675. The fraction of sp³-hybridized carbons (Fsp3) is 0.535. The number of amides is 4. The first-order valence-corrected chi connectivity index (χ1v) is 21.1. The molecule has 3 fully saturated rings. The van der Waals surface area contributed by atoms with Crippen LogP contribution in [0.1, 0.15) is 60.6 Å². The van der Waals surface area contributed by atoms with Crippen LogP contribution in [0.5, 0.6) is 5.75 Å². The Hall–Kier alpha value is -5.56. The Labute approximate surface area is 355 Å². The summed E-state index contributed by atoms with van der Waals surface area (Å²) in [5, 5.41) is 25.9. The van der Waals surface area contributed by atoms with Gasteiger partial charge in [0.15, 0.2) is 0 Å². The molecule has 18 nitrogen and oxygen atoms in total. The first-order valence-electron chi connectivity index (χ1n) is 21.1. The molecule has 4 aliphatic rings. The number of allylic oxidation sites excluding steroid dienone is 1. The van der Waals surface area contributed by atoms with Crippen molar-refractivity contribution in [3.05, 3.63) is 65.1 Å². The first-order chi connectivity index (χ1) is 29.6. The van der Waals surface area contributed by atoms with Gasteiger partial charge in [0.1, 0.15) is 28.9 Å². The SMILES string of the molecule is CN/C(=C\C(=N)c1n[nH]c2ccc(OC3(C)CC3)cc12)N1CCN(C(=O)CCOCCOCCOCCOCCNc2cccc3c2C(=O)N(C2CCC(=O)NC2=O)C3)CC1. The van der Waals surface area contributed by atoms with Crippen LogP contribution < -0.4 is 20.7 Å². The Morgan fingerprint density at radius 1 is 0.934 bits per heavy atom. The Kier molecular flexibility index (Phi) is 14.5. The number of aromatic nitrogens is 2. The maximum Gasteiger partial charge on any atom is 0.257 e. The van der Waals surface area contributed by atoms with E-state index in [1.54, 1.807) is 6.08 Å². The van der Waals surface area contributed by atoms with Crippen molar-refractivity contribution in [1.29, 1.82) is 5.41 Å². The van der Waals surface area contributed by atoms with Crippen LogP contribution in [0.2, 0.25) is 0 Å². The molecule has 2 saturated heterocycles. The normalized spacial score (nSPS) is 18.7. The lowest BCUT2D eigenvalue weighted by Crippen LogP contribution is -2.52. The Bertz CT molecular complexity index is 2090. The minimum atomic E-state index is -0.650. The summed E-state index contributed by atoms with van der Waals surface area (Å²) in [6, 6.07) is 10.8. The predicted octanol–water partition coefficient (Wildman–Crippen LogP) is 2.40. The molecule has 5 N–H and O–H groups in total. The van der Waals surface area contributed by atoms with Crippen LogP contribution in [-0.4, -0.2) is 159 Å². The zero-order valence-corrected chi connectivity index (χ0v) is 35.0. The Balaban J connectivity index is 0.694. The van der Waals surface area contributed by atoms with Crippen LogP contribution >= 0.6 is 0 Å². The maximum absolute atomic E-state index is 13.2.